The highest BCUT2D eigenvalue weighted by atomic mass is 16.6. The fraction of sp³-hybridized carbons (Fsp3) is 0.864. The second kappa shape index (κ2) is 33.8. The molecule has 1 aliphatic carbocycles. The van der Waals surface area contributed by atoms with Crippen LogP contribution in [0.1, 0.15) is 194 Å². The molecule has 0 aromatic heterocycles. The monoisotopic (exact) mass is 737 g/mol. The van der Waals surface area contributed by atoms with Crippen molar-refractivity contribution >= 4 is 11.9 Å². The minimum Gasteiger partial charge on any atom is -0.462 e. The van der Waals surface area contributed by atoms with Crippen molar-refractivity contribution in [3.8, 4) is 0 Å². The molecular weight excluding hydrogens is 656 g/mol. The molecule has 0 aromatic rings. The fourth-order valence-electron chi connectivity index (χ4n) is 7.20. The van der Waals surface area contributed by atoms with Gasteiger partial charge in [0, 0.05) is 25.2 Å². The molecule has 304 valence electrons. The van der Waals surface area contributed by atoms with Crippen molar-refractivity contribution < 1.29 is 39.5 Å². The molecule has 4 N–H and O–H groups in total. The zero-order chi connectivity index (χ0) is 38.1. The Kier molecular flexibility index (Phi) is 31.4. The molecule has 6 atom stereocenters. The van der Waals surface area contributed by atoms with Crippen molar-refractivity contribution in [1.82, 2.24) is 0 Å². The standard InChI is InChI=1S/C44H80O8/c1-3-5-7-8-9-10-11-12-13-14-15-16-17-18-19-20-21-27-31-44(50)52-38(35-45)36-51-43(49)30-26-23-22-25-29-39-40(42(48)34-41(39)47)33-32-37(46)28-24-6-4-2/h22,25,32-33,37-42,45-48H,3-21,23-24,26-31,34-36H2,1-2H3/b25-22+,33-32+/t37-,38-,39+,40+,41-,42+/m0/s1. The highest BCUT2D eigenvalue weighted by Crippen LogP contribution is 2.36. The van der Waals surface area contributed by atoms with Gasteiger partial charge >= 0.3 is 11.9 Å². The summed E-state index contributed by atoms with van der Waals surface area (Å²) in [5.74, 6) is -1.08. The Morgan fingerprint density at radius 2 is 1.19 bits per heavy atom. The molecule has 1 rings (SSSR count). The summed E-state index contributed by atoms with van der Waals surface area (Å²) in [4.78, 5) is 24.5. The lowest BCUT2D eigenvalue weighted by molar-refractivity contribution is -0.161. The molecule has 0 aliphatic heterocycles. The number of ether oxygens (including phenoxy) is 2. The molecule has 8 nitrogen and oxygen atoms in total. The number of hydrogen-bond donors (Lipinski definition) is 4. The minimum atomic E-state index is -0.848. The number of esters is 2. The Labute approximate surface area is 318 Å². The minimum absolute atomic E-state index is 0.118. The van der Waals surface area contributed by atoms with Crippen molar-refractivity contribution in [3.05, 3.63) is 24.3 Å². The lowest BCUT2D eigenvalue weighted by Crippen LogP contribution is -2.28. The van der Waals surface area contributed by atoms with Crippen LogP contribution in [0.2, 0.25) is 0 Å². The normalized spacial score (nSPS) is 20.2. The second-order valence-electron chi connectivity index (χ2n) is 15.4. The van der Waals surface area contributed by atoms with E-state index in [2.05, 4.69) is 13.8 Å². The number of unbranched alkanes of at least 4 members (excludes halogenated alkanes) is 20. The highest BCUT2D eigenvalue weighted by Gasteiger charge is 2.39. The van der Waals surface area contributed by atoms with Crippen LogP contribution in [0.3, 0.4) is 0 Å². The van der Waals surface area contributed by atoms with Crippen LogP contribution in [0.25, 0.3) is 0 Å². The molecule has 0 amide bonds. The van der Waals surface area contributed by atoms with Crippen molar-refractivity contribution in [3.63, 3.8) is 0 Å². The van der Waals surface area contributed by atoms with Gasteiger partial charge < -0.3 is 29.9 Å². The van der Waals surface area contributed by atoms with Gasteiger partial charge in [0.25, 0.3) is 0 Å². The van der Waals surface area contributed by atoms with E-state index in [9.17, 15) is 30.0 Å². The maximum absolute atomic E-state index is 12.2. The molecule has 0 heterocycles. The third-order valence-electron chi connectivity index (χ3n) is 10.6. The summed E-state index contributed by atoms with van der Waals surface area (Å²) in [5.41, 5.74) is 0. The van der Waals surface area contributed by atoms with Gasteiger partial charge in [-0.3, -0.25) is 9.59 Å². The fourth-order valence-corrected chi connectivity index (χ4v) is 7.20. The molecule has 8 heteroatoms. The number of hydrogen-bond acceptors (Lipinski definition) is 8. The van der Waals surface area contributed by atoms with E-state index in [1.807, 2.05) is 18.2 Å². The van der Waals surface area contributed by atoms with Crippen molar-refractivity contribution in [1.29, 1.82) is 0 Å². The van der Waals surface area contributed by atoms with Crippen LogP contribution in [-0.2, 0) is 19.1 Å². The van der Waals surface area contributed by atoms with E-state index in [4.69, 9.17) is 9.47 Å². The molecule has 0 aromatic carbocycles. The van der Waals surface area contributed by atoms with Gasteiger partial charge in [0.2, 0.25) is 0 Å². The first-order chi connectivity index (χ1) is 25.3. The Bertz CT molecular complexity index is 905. The van der Waals surface area contributed by atoms with Crippen LogP contribution in [0.4, 0.5) is 0 Å². The van der Waals surface area contributed by atoms with Gasteiger partial charge in [-0.2, -0.15) is 0 Å². The zero-order valence-corrected chi connectivity index (χ0v) is 33.4. The van der Waals surface area contributed by atoms with Crippen LogP contribution in [0.15, 0.2) is 24.3 Å². The summed E-state index contributed by atoms with van der Waals surface area (Å²) in [6.45, 7) is 3.85. The average Bonchev–Trinajstić information content (AvgIpc) is 3.40. The number of carbonyl (C=O) groups is 2. The molecule has 1 aliphatic rings. The van der Waals surface area contributed by atoms with Crippen LogP contribution in [-0.4, -0.2) is 70.0 Å². The number of aliphatic hydroxyl groups excluding tert-OH is 4. The Morgan fingerprint density at radius 1 is 0.673 bits per heavy atom. The number of carbonyl (C=O) groups excluding carboxylic acids is 2. The molecule has 1 saturated carbocycles. The van der Waals surface area contributed by atoms with Gasteiger partial charge in [-0.1, -0.05) is 167 Å². The van der Waals surface area contributed by atoms with Crippen molar-refractivity contribution in [2.75, 3.05) is 13.2 Å². The summed E-state index contributed by atoms with van der Waals surface area (Å²) >= 11 is 0. The topological polar surface area (TPSA) is 134 Å². The van der Waals surface area contributed by atoms with E-state index < -0.39 is 37.0 Å². The largest absolute Gasteiger partial charge is 0.462 e. The first-order valence-corrected chi connectivity index (χ1v) is 21.7. The Hall–Kier alpha value is -1.74. The smallest absolute Gasteiger partial charge is 0.306 e. The second-order valence-corrected chi connectivity index (χ2v) is 15.4. The highest BCUT2D eigenvalue weighted by molar-refractivity contribution is 5.70. The van der Waals surface area contributed by atoms with Crippen molar-refractivity contribution in [2.24, 2.45) is 11.8 Å². The van der Waals surface area contributed by atoms with Gasteiger partial charge in [0.1, 0.15) is 6.61 Å². The molecular formula is C44H80O8. The third kappa shape index (κ3) is 26.1. The quantitative estimate of drug-likeness (QED) is 0.0287. The Balaban J connectivity index is 2.06. The summed E-state index contributed by atoms with van der Waals surface area (Å²) in [6.07, 6.45) is 34.8. The van der Waals surface area contributed by atoms with Gasteiger partial charge in [0.15, 0.2) is 6.10 Å². The molecule has 52 heavy (non-hydrogen) atoms. The predicted octanol–water partition coefficient (Wildman–Crippen LogP) is 9.84. The predicted molar refractivity (Wildman–Crippen MR) is 212 cm³/mol. The van der Waals surface area contributed by atoms with Crippen LogP contribution < -0.4 is 0 Å². The maximum atomic E-state index is 12.2. The lowest BCUT2D eigenvalue weighted by atomic mass is 9.89. The van der Waals surface area contributed by atoms with Gasteiger partial charge in [-0.15, -0.1) is 0 Å². The average molecular weight is 737 g/mol. The number of allylic oxidation sites excluding steroid dienone is 2. The van der Waals surface area contributed by atoms with Gasteiger partial charge in [0.05, 0.1) is 24.9 Å². The molecule has 0 saturated heterocycles. The number of aliphatic hydroxyl groups is 4. The van der Waals surface area contributed by atoms with E-state index in [1.54, 1.807) is 6.08 Å². The van der Waals surface area contributed by atoms with Gasteiger partial charge in [-0.25, -0.2) is 0 Å². The molecule has 0 unspecified atom stereocenters. The third-order valence-corrected chi connectivity index (χ3v) is 10.6. The van der Waals surface area contributed by atoms with E-state index >= 15 is 0 Å². The summed E-state index contributed by atoms with van der Waals surface area (Å²) < 4.78 is 10.6. The molecule has 1 fully saturated rings. The molecule has 0 bridgehead atoms. The first-order valence-electron chi connectivity index (χ1n) is 21.7. The number of rotatable bonds is 35. The molecule has 0 radical (unpaired) electrons. The van der Waals surface area contributed by atoms with E-state index in [0.717, 1.165) is 38.5 Å². The van der Waals surface area contributed by atoms with Gasteiger partial charge in [-0.05, 0) is 38.0 Å². The summed E-state index contributed by atoms with van der Waals surface area (Å²) in [5, 5.41) is 40.7. The summed E-state index contributed by atoms with van der Waals surface area (Å²) in [6, 6.07) is 0. The Morgan fingerprint density at radius 3 is 1.75 bits per heavy atom. The maximum Gasteiger partial charge on any atom is 0.306 e. The van der Waals surface area contributed by atoms with E-state index in [1.165, 1.54) is 96.3 Å². The van der Waals surface area contributed by atoms with Crippen LogP contribution >= 0.6 is 0 Å². The lowest BCUT2D eigenvalue weighted by Gasteiger charge is -2.19. The first kappa shape index (κ1) is 48.3. The van der Waals surface area contributed by atoms with E-state index in [-0.39, 0.29) is 30.8 Å². The SMILES string of the molecule is CCCCCCCCCCCCCCCCCCCCC(=O)O[C@@H](CO)COC(=O)CCC/C=C/C[C@@H]1[C@@H](/C=C/[C@@H](O)CCCCC)[C@H](O)C[C@@H]1O. The van der Waals surface area contributed by atoms with E-state index in [0.29, 0.717) is 38.5 Å². The summed E-state index contributed by atoms with van der Waals surface area (Å²) in [7, 11) is 0. The van der Waals surface area contributed by atoms with Crippen LogP contribution in [0, 0.1) is 11.8 Å². The zero-order valence-electron chi connectivity index (χ0n) is 33.4. The van der Waals surface area contributed by atoms with Crippen molar-refractivity contribution in [2.45, 2.75) is 218 Å². The molecule has 0 spiro atoms. The van der Waals surface area contributed by atoms with Crippen LogP contribution in [0.5, 0.6) is 0 Å².